The maximum absolute atomic E-state index is 7.49. The van der Waals surface area contributed by atoms with Crippen LogP contribution in [0.1, 0.15) is 76.2 Å². The molecule has 4 fully saturated rings. The quantitative estimate of drug-likeness (QED) is 0.516. The molecular weight excluding hydrogens is 416 g/mol. The molecule has 1 unspecified atom stereocenters. The van der Waals surface area contributed by atoms with Gasteiger partial charge in [-0.1, -0.05) is 31.2 Å². The number of hydrogen-bond donors (Lipinski definition) is 0. The first-order valence-corrected chi connectivity index (χ1v) is 13.8. The van der Waals surface area contributed by atoms with E-state index in [1.54, 1.807) is 11.1 Å². The average Bonchev–Trinajstić information content (AvgIpc) is 3.33. The molecule has 3 aliphatic carbocycles. The van der Waals surface area contributed by atoms with Crippen LogP contribution >= 0.6 is 0 Å². The Kier molecular flexibility index (Phi) is 4.06. The number of pyridine rings is 1. The molecular formula is C31H36N2O. The molecule has 0 radical (unpaired) electrons. The van der Waals surface area contributed by atoms with Crippen molar-refractivity contribution in [2.75, 3.05) is 13.1 Å². The van der Waals surface area contributed by atoms with Crippen LogP contribution in [0, 0.1) is 11.3 Å². The van der Waals surface area contributed by atoms with E-state index in [1.807, 2.05) is 12.4 Å². The number of hydrogen-bond acceptors (Lipinski definition) is 3. The second kappa shape index (κ2) is 6.83. The number of rotatable bonds is 2. The Morgan fingerprint density at radius 2 is 2.00 bits per heavy atom. The van der Waals surface area contributed by atoms with Gasteiger partial charge in [0.2, 0.25) is 0 Å². The Balaban J connectivity index is 1.16. The van der Waals surface area contributed by atoms with E-state index >= 15 is 0 Å². The van der Waals surface area contributed by atoms with Crippen LogP contribution in [0.3, 0.4) is 0 Å². The maximum atomic E-state index is 7.49. The monoisotopic (exact) mass is 452 g/mol. The molecule has 3 nitrogen and oxygen atoms in total. The zero-order valence-corrected chi connectivity index (χ0v) is 20.4. The van der Waals surface area contributed by atoms with Crippen LogP contribution in [0.2, 0.25) is 0 Å². The lowest BCUT2D eigenvalue weighted by atomic mass is 9.58. The van der Waals surface area contributed by atoms with Gasteiger partial charge >= 0.3 is 0 Å². The van der Waals surface area contributed by atoms with Gasteiger partial charge in [0.05, 0.1) is 11.2 Å². The minimum atomic E-state index is -0.0412. The molecule has 0 amide bonds. The summed E-state index contributed by atoms with van der Waals surface area (Å²) in [4.78, 5) is 7.12. The molecule has 2 spiro atoms. The van der Waals surface area contributed by atoms with Gasteiger partial charge in [0.15, 0.2) is 0 Å². The zero-order chi connectivity index (χ0) is 22.5. The van der Waals surface area contributed by atoms with Crippen molar-refractivity contribution in [1.82, 2.24) is 9.88 Å². The highest BCUT2D eigenvalue weighted by Gasteiger charge is 2.66. The first-order valence-electron chi connectivity index (χ1n) is 13.8. The summed E-state index contributed by atoms with van der Waals surface area (Å²) in [6, 6.07) is 9.99. The molecule has 8 rings (SSSR count). The van der Waals surface area contributed by atoms with E-state index in [4.69, 9.17) is 4.74 Å². The minimum absolute atomic E-state index is 0.0286. The number of benzene rings is 1. The number of aromatic nitrogens is 1. The van der Waals surface area contributed by atoms with Gasteiger partial charge in [-0.25, -0.2) is 0 Å². The van der Waals surface area contributed by atoms with E-state index in [2.05, 4.69) is 53.2 Å². The van der Waals surface area contributed by atoms with Crippen molar-refractivity contribution < 1.29 is 4.74 Å². The third-order valence-corrected chi connectivity index (χ3v) is 11.1. The minimum Gasteiger partial charge on any atom is -0.359 e. The molecule has 2 saturated carbocycles. The van der Waals surface area contributed by atoms with Gasteiger partial charge in [0, 0.05) is 23.8 Å². The summed E-state index contributed by atoms with van der Waals surface area (Å²) in [5, 5.41) is 2.57. The molecule has 6 aliphatic rings. The predicted octanol–water partition coefficient (Wildman–Crippen LogP) is 6.55. The average molecular weight is 453 g/mol. The predicted molar refractivity (Wildman–Crippen MR) is 136 cm³/mol. The van der Waals surface area contributed by atoms with Gasteiger partial charge in [-0.3, -0.25) is 4.98 Å². The Hall–Kier alpha value is -1.97. The van der Waals surface area contributed by atoms with Crippen LogP contribution < -0.4 is 0 Å². The molecule has 2 saturated heterocycles. The standard InChI is InChI=1S/C31H36N2O/c1-29-11-9-25-18-24-5-6-26(33-15-2-16-33)19-30(24)12-13-31(25,34-30)28(29)8-7-27(29)22-4-3-21-10-14-32-20-23(21)17-22/h3-4,9-10,14,17-18,20,26-28H,2,5-8,11-13,15-16,19H2,1H3/t26-,27-,28-,29-,30?,31-/m1/s1. The highest BCUT2D eigenvalue weighted by Crippen LogP contribution is 2.69. The Labute approximate surface area is 203 Å². The largest absolute Gasteiger partial charge is 0.359 e. The van der Waals surface area contributed by atoms with Crippen molar-refractivity contribution in [3.63, 3.8) is 0 Å². The second-order valence-corrected chi connectivity index (χ2v) is 12.5. The first-order chi connectivity index (χ1) is 16.6. The van der Waals surface area contributed by atoms with Gasteiger partial charge in [0.1, 0.15) is 0 Å². The SMILES string of the molecule is C[C@]12CC=C3C=C4CC[C@@H](N5CCC5)CC45CC[C@]3(O5)[C@@H]1CC[C@@H]2c1ccc2ccncc2c1. The van der Waals surface area contributed by atoms with E-state index in [0.717, 1.165) is 6.04 Å². The lowest BCUT2D eigenvalue weighted by Gasteiger charge is -2.55. The molecule has 2 bridgehead atoms. The molecule has 34 heavy (non-hydrogen) atoms. The molecule has 2 aromatic rings. The first kappa shape index (κ1) is 20.2. The van der Waals surface area contributed by atoms with Crippen molar-refractivity contribution >= 4 is 10.8 Å². The Morgan fingerprint density at radius 1 is 1.06 bits per heavy atom. The lowest BCUT2D eigenvalue weighted by molar-refractivity contribution is -0.142. The summed E-state index contributed by atoms with van der Waals surface area (Å²) < 4.78 is 7.49. The van der Waals surface area contributed by atoms with Crippen molar-refractivity contribution in [2.45, 2.75) is 87.9 Å². The zero-order valence-electron chi connectivity index (χ0n) is 20.4. The lowest BCUT2D eigenvalue weighted by Crippen LogP contribution is -2.56. The number of likely N-dealkylation sites (tertiary alicyclic amines) is 1. The fourth-order valence-corrected chi connectivity index (χ4v) is 9.27. The van der Waals surface area contributed by atoms with E-state index in [-0.39, 0.29) is 16.6 Å². The molecule has 0 N–H and O–H groups in total. The van der Waals surface area contributed by atoms with E-state index in [9.17, 15) is 0 Å². The molecule has 6 atom stereocenters. The summed E-state index contributed by atoms with van der Waals surface area (Å²) in [7, 11) is 0. The van der Waals surface area contributed by atoms with Gasteiger partial charge in [-0.15, -0.1) is 0 Å². The smallest absolute Gasteiger partial charge is 0.0974 e. The van der Waals surface area contributed by atoms with E-state index < -0.39 is 0 Å². The van der Waals surface area contributed by atoms with E-state index in [0.29, 0.717) is 11.8 Å². The molecule has 4 heterocycles. The van der Waals surface area contributed by atoms with Crippen LogP contribution in [-0.4, -0.2) is 40.2 Å². The number of ether oxygens (including phenoxy) is 1. The van der Waals surface area contributed by atoms with E-state index in [1.165, 1.54) is 87.2 Å². The maximum Gasteiger partial charge on any atom is 0.0974 e. The molecule has 3 heteroatoms. The highest BCUT2D eigenvalue weighted by molar-refractivity contribution is 5.82. The van der Waals surface area contributed by atoms with Gasteiger partial charge in [-0.05, 0) is 122 Å². The normalized spacial score (nSPS) is 42.9. The molecule has 1 aromatic carbocycles. The summed E-state index contributed by atoms with van der Waals surface area (Å²) in [5.74, 6) is 1.22. The summed E-state index contributed by atoms with van der Waals surface area (Å²) in [6.45, 7) is 5.20. The highest BCUT2D eigenvalue weighted by atomic mass is 16.5. The molecule has 1 aromatic heterocycles. The van der Waals surface area contributed by atoms with Crippen molar-refractivity contribution in [3.8, 4) is 0 Å². The Morgan fingerprint density at radius 3 is 2.88 bits per heavy atom. The van der Waals surface area contributed by atoms with Crippen LogP contribution in [0.25, 0.3) is 10.8 Å². The van der Waals surface area contributed by atoms with Crippen molar-refractivity contribution in [3.05, 3.63) is 65.5 Å². The second-order valence-electron chi connectivity index (χ2n) is 12.5. The van der Waals surface area contributed by atoms with Gasteiger partial charge in [-0.2, -0.15) is 0 Å². The summed E-state index contributed by atoms with van der Waals surface area (Å²) >= 11 is 0. The van der Waals surface area contributed by atoms with Crippen molar-refractivity contribution in [1.29, 1.82) is 0 Å². The van der Waals surface area contributed by atoms with Crippen molar-refractivity contribution in [2.24, 2.45) is 11.3 Å². The number of fused-ring (bicyclic) bond motifs is 2. The fraction of sp³-hybridized carbons (Fsp3) is 0.581. The van der Waals surface area contributed by atoms with Gasteiger partial charge in [0.25, 0.3) is 0 Å². The van der Waals surface area contributed by atoms with Crippen LogP contribution in [0.5, 0.6) is 0 Å². The Bertz CT molecular complexity index is 1240. The topological polar surface area (TPSA) is 25.4 Å². The van der Waals surface area contributed by atoms with Crippen LogP contribution in [0.15, 0.2) is 60.0 Å². The fourth-order valence-electron chi connectivity index (χ4n) is 9.27. The molecule has 176 valence electrons. The summed E-state index contributed by atoms with van der Waals surface area (Å²) in [6.07, 6.45) is 20.6. The third kappa shape index (κ3) is 2.53. The number of nitrogens with zero attached hydrogens (tertiary/aromatic N) is 2. The van der Waals surface area contributed by atoms with Gasteiger partial charge < -0.3 is 9.64 Å². The summed E-state index contributed by atoms with van der Waals surface area (Å²) in [5.41, 5.74) is 4.94. The van der Waals surface area contributed by atoms with Crippen LogP contribution in [-0.2, 0) is 4.74 Å². The van der Waals surface area contributed by atoms with Crippen LogP contribution in [0.4, 0.5) is 0 Å². The molecule has 3 aliphatic heterocycles. The third-order valence-electron chi connectivity index (χ3n) is 11.1. The number of allylic oxidation sites excluding steroid dienone is 1.